The highest BCUT2D eigenvalue weighted by molar-refractivity contribution is 6.24. The smallest absolute Gasteiger partial charge is 0.327 e. The number of nitrogens with zero attached hydrogens (tertiary/aromatic N) is 1. The van der Waals surface area contributed by atoms with E-state index in [-0.39, 0.29) is 12.5 Å². The van der Waals surface area contributed by atoms with Crippen LogP contribution in [0.15, 0.2) is 47.1 Å². The SMILES string of the molecule is CCC[C@]1(C(=O)OCC)N[C@H](c2ccco2)[C@H]2C(=O)N(c3ccc(OC)cc3)C(=O)[C@H]21. The summed E-state index contributed by atoms with van der Waals surface area (Å²) in [5.41, 5.74) is -0.862. The average molecular weight is 426 g/mol. The third kappa shape index (κ3) is 3.22. The van der Waals surface area contributed by atoms with Crippen LogP contribution in [0.2, 0.25) is 0 Å². The van der Waals surface area contributed by atoms with Crippen LogP contribution in [0.5, 0.6) is 5.75 Å². The predicted octanol–water partition coefficient (Wildman–Crippen LogP) is 2.84. The molecule has 0 aliphatic carbocycles. The molecule has 164 valence electrons. The number of fused-ring (bicyclic) bond motifs is 1. The number of imide groups is 1. The molecular weight excluding hydrogens is 400 g/mol. The van der Waals surface area contributed by atoms with Crippen LogP contribution >= 0.6 is 0 Å². The Hall–Kier alpha value is -3.13. The van der Waals surface area contributed by atoms with Gasteiger partial charge in [-0.15, -0.1) is 0 Å². The minimum atomic E-state index is -1.30. The molecule has 0 spiro atoms. The number of carbonyl (C=O) groups is 3. The van der Waals surface area contributed by atoms with Crippen molar-refractivity contribution in [2.45, 2.75) is 38.3 Å². The number of hydrogen-bond acceptors (Lipinski definition) is 7. The highest BCUT2D eigenvalue weighted by Gasteiger charge is 2.69. The Morgan fingerprint density at radius 2 is 1.90 bits per heavy atom. The van der Waals surface area contributed by atoms with Gasteiger partial charge in [0.15, 0.2) is 0 Å². The van der Waals surface area contributed by atoms with E-state index in [1.54, 1.807) is 50.4 Å². The van der Waals surface area contributed by atoms with Gasteiger partial charge in [0, 0.05) is 0 Å². The molecule has 1 aromatic heterocycles. The largest absolute Gasteiger partial charge is 0.497 e. The van der Waals surface area contributed by atoms with Crippen molar-refractivity contribution < 1.29 is 28.3 Å². The minimum absolute atomic E-state index is 0.180. The van der Waals surface area contributed by atoms with Gasteiger partial charge in [-0.05, 0) is 49.7 Å². The van der Waals surface area contributed by atoms with E-state index in [4.69, 9.17) is 13.9 Å². The molecule has 8 nitrogen and oxygen atoms in total. The van der Waals surface area contributed by atoms with Gasteiger partial charge in [0.1, 0.15) is 17.0 Å². The summed E-state index contributed by atoms with van der Waals surface area (Å²) in [6, 6.07) is 9.56. The summed E-state index contributed by atoms with van der Waals surface area (Å²) in [6.45, 7) is 3.83. The topological polar surface area (TPSA) is 98.1 Å². The van der Waals surface area contributed by atoms with E-state index in [1.165, 1.54) is 11.2 Å². The zero-order valence-corrected chi connectivity index (χ0v) is 17.8. The molecule has 0 bridgehead atoms. The highest BCUT2D eigenvalue weighted by Crippen LogP contribution is 2.51. The Bertz CT molecular complexity index is 970. The van der Waals surface area contributed by atoms with E-state index in [9.17, 15) is 14.4 Å². The van der Waals surface area contributed by atoms with E-state index in [0.717, 1.165) is 0 Å². The fourth-order valence-corrected chi connectivity index (χ4v) is 4.87. The Morgan fingerprint density at radius 3 is 2.48 bits per heavy atom. The quantitative estimate of drug-likeness (QED) is 0.537. The van der Waals surface area contributed by atoms with Gasteiger partial charge in [-0.25, -0.2) is 4.90 Å². The molecule has 31 heavy (non-hydrogen) atoms. The molecule has 8 heteroatoms. The molecule has 2 saturated heterocycles. The molecular formula is C23H26N2O6. The van der Waals surface area contributed by atoms with Crippen LogP contribution in [0, 0.1) is 11.8 Å². The summed E-state index contributed by atoms with van der Waals surface area (Å²) in [5.74, 6) is -1.84. The van der Waals surface area contributed by atoms with Gasteiger partial charge in [0.05, 0.1) is 43.5 Å². The monoisotopic (exact) mass is 426 g/mol. The molecule has 4 atom stereocenters. The number of furan rings is 1. The molecule has 3 heterocycles. The van der Waals surface area contributed by atoms with Crippen molar-refractivity contribution in [3.63, 3.8) is 0 Å². The number of anilines is 1. The molecule has 2 amide bonds. The first-order chi connectivity index (χ1) is 15.0. The molecule has 0 saturated carbocycles. The van der Waals surface area contributed by atoms with Crippen molar-refractivity contribution in [2.75, 3.05) is 18.6 Å². The number of methoxy groups -OCH3 is 1. The van der Waals surface area contributed by atoms with Crippen LogP contribution in [0.3, 0.4) is 0 Å². The standard InChI is InChI=1S/C23H26N2O6/c1-4-12-23(22(28)30-5-2)18-17(19(24-23)16-7-6-13-31-16)20(26)25(21(18)27)14-8-10-15(29-3)11-9-14/h6-11,13,17-19,24H,4-5,12H2,1-3H3/t17-,18-,19+,23-/m0/s1. The lowest BCUT2D eigenvalue weighted by molar-refractivity contribution is -0.155. The van der Waals surface area contributed by atoms with Crippen LogP contribution in [0.4, 0.5) is 5.69 Å². The Labute approximate surface area is 180 Å². The molecule has 2 aliphatic heterocycles. The molecule has 2 fully saturated rings. The molecule has 0 radical (unpaired) electrons. The zero-order chi connectivity index (χ0) is 22.2. The maximum absolute atomic E-state index is 13.7. The van der Waals surface area contributed by atoms with Gasteiger partial charge in [0.2, 0.25) is 11.8 Å². The molecule has 4 rings (SSSR count). The van der Waals surface area contributed by atoms with E-state index in [0.29, 0.717) is 30.0 Å². The number of carbonyl (C=O) groups excluding carboxylic acids is 3. The summed E-state index contributed by atoms with van der Waals surface area (Å²) >= 11 is 0. The highest BCUT2D eigenvalue weighted by atomic mass is 16.5. The summed E-state index contributed by atoms with van der Waals surface area (Å²) in [4.78, 5) is 41.6. The predicted molar refractivity (Wildman–Crippen MR) is 111 cm³/mol. The first kappa shape index (κ1) is 21.1. The summed E-state index contributed by atoms with van der Waals surface area (Å²) in [5, 5.41) is 3.29. The van der Waals surface area contributed by atoms with Gasteiger partial charge < -0.3 is 13.9 Å². The van der Waals surface area contributed by atoms with Crippen molar-refractivity contribution >= 4 is 23.5 Å². The second kappa shape index (κ2) is 8.19. The normalized spacial score (nSPS) is 27.5. The Morgan fingerprint density at radius 1 is 1.16 bits per heavy atom. The second-order valence-electron chi connectivity index (χ2n) is 7.79. The zero-order valence-electron chi connectivity index (χ0n) is 17.8. The molecule has 1 N–H and O–H groups in total. The van der Waals surface area contributed by atoms with Crippen LogP contribution in [0.25, 0.3) is 0 Å². The van der Waals surface area contributed by atoms with Crippen molar-refractivity contribution in [2.24, 2.45) is 11.8 Å². The Balaban J connectivity index is 1.81. The van der Waals surface area contributed by atoms with Gasteiger partial charge in [0.25, 0.3) is 0 Å². The van der Waals surface area contributed by atoms with Crippen LogP contribution in [-0.4, -0.2) is 37.0 Å². The Kier molecular flexibility index (Phi) is 5.58. The molecule has 0 unspecified atom stereocenters. The summed E-state index contributed by atoms with van der Waals surface area (Å²) < 4.78 is 16.1. The van der Waals surface area contributed by atoms with Crippen molar-refractivity contribution in [3.05, 3.63) is 48.4 Å². The number of benzene rings is 1. The lowest BCUT2D eigenvalue weighted by atomic mass is 9.77. The van der Waals surface area contributed by atoms with E-state index in [1.807, 2.05) is 6.92 Å². The van der Waals surface area contributed by atoms with Gasteiger partial charge >= 0.3 is 5.97 Å². The maximum Gasteiger partial charge on any atom is 0.327 e. The molecule has 2 aromatic rings. The number of hydrogen-bond donors (Lipinski definition) is 1. The van der Waals surface area contributed by atoms with Gasteiger partial charge in [-0.2, -0.15) is 0 Å². The number of nitrogens with one attached hydrogen (secondary N) is 1. The van der Waals surface area contributed by atoms with E-state index >= 15 is 0 Å². The molecule has 1 aromatic carbocycles. The number of rotatable bonds is 7. The number of esters is 1. The summed E-state index contributed by atoms with van der Waals surface area (Å²) in [7, 11) is 1.55. The lowest BCUT2D eigenvalue weighted by Gasteiger charge is -2.32. The fraction of sp³-hybridized carbons (Fsp3) is 0.435. The fourth-order valence-electron chi connectivity index (χ4n) is 4.87. The second-order valence-corrected chi connectivity index (χ2v) is 7.79. The third-order valence-corrected chi connectivity index (χ3v) is 6.12. The number of ether oxygens (including phenoxy) is 2. The summed E-state index contributed by atoms with van der Waals surface area (Å²) in [6.07, 6.45) is 2.50. The van der Waals surface area contributed by atoms with Crippen LogP contribution < -0.4 is 15.0 Å². The van der Waals surface area contributed by atoms with Crippen LogP contribution in [0.1, 0.15) is 38.5 Å². The van der Waals surface area contributed by atoms with Gasteiger partial charge in [-0.3, -0.25) is 19.7 Å². The first-order valence-electron chi connectivity index (χ1n) is 10.5. The van der Waals surface area contributed by atoms with Crippen LogP contribution in [-0.2, 0) is 19.1 Å². The van der Waals surface area contributed by atoms with Crippen molar-refractivity contribution in [1.29, 1.82) is 0 Å². The van der Waals surface area contributed by atoms with E-state index < -0.39 is 35.3 Å². The first-order valence-corrected chi connectivity index (χ1v) is 10.5. The number of amides is 2. The minimum Gasteiger partial charge on any atom is -0.497 e. The van der Waals surface area contributed by atoms with Crippen molar-refractivity contribution in [3.8, 4) is 5.75 Å². The van der Waals surface area contributed by atoms with Crippen molar-refractivity contribution in [1.82, 2.24) is 5.32 Å². The van der Waals surface area contributed by atoms with E-state index in [2.05, 4.69) is 5.32 Å². The third-order valence-electron chi connectivity index (χ3n) is 6.12. The van der Waals surface area contributed by atoms with Gasteiger partial charge in [-0.1, -0.05) is 13.3 Å². The average Bonchev–Trinajstić information content (AvgIpc) is 3.46. The maximum atomic E-state index is 13.7. The lowest BCUT2D eigenvalue weighted by Crippen LogP contribution is -2.56. The molecule has 2 aliphatic rings.